The van der Waals surface area contributed by atoms with E-state index in [4.69, 9.17) is 9.47 Å². The van der Waals surface area contributed by atoms with E-state index in [1.165, 1.54) is 0 Å². The Balaban J connectivity index is 2.13. The fourth-order valence-corrected chi connectivity index (χ4v) is 1.85. The predicted octanol–water partition coefficient (Wildman–Crippen LogP) is 3.92. The lowest BCUT2D eigenvalue weighted by atomic mass is 10.1. The molecule has 0 saturated heterocycles. The van der Waals surface area contributed by atoms with Gasteiger partial charge in [-0.3, -0.25) is 0 Å². The second-order valence-electron chi connectivity index (χ2n) is 4.54. The van der Waals surface area contributed by atoms with E-state index < -0.39 is 0 Å². The first-order valence-corrected chi connectivity index (χ1v) is 6.63. The Morgan fingerprint density at radius 2 is 1.75 bits per heavy atom. The Morgan fingerprint density at radius 1 is 1.05 bits per heavy atom. The van der Waals surface area contributed by atoms with Crippen molar-refractivity contribution in [3.63, 3.8) is 0 Å². The molecular formula is C17H18O3. The molecule has 0 unspecified atom stereocenters. The molecule has 0 aromatic heterocycles. The lowest BCUT2D eigenvalue weighted by Crippen LogP contribution is -2.09. The molecule has 20 heavy (non-hydrogen) atoms. The number of benzene rings is 2. The van der Waals surface area contributed by atoms with Crippen LogP contribution in [0.1, 0.15) is 28.4 Å². The topological polar surface area (TPSA) is 35.5 Å². The molecule has 104 valence electrons. The lowest BCUT2D eigenvalue weighted by molar-refractivity contribution is 0.0733. The van der Waals surface area contributed by atoms with Gasteiger partial charge in [0.25, 0.3) is 0 Å². The van der Waals surface area contributed by atoms with Crippen LogP contribution in [0.15, 0.2) is 42.5 Å². The van der Waals surface area contributed by atoms with E-state index in [1.54, 1.807) is 30.3 Å². The summed E-state index contributed by atoms with van der Waals surface area (Å²) in [5.41, 5.74) is 2.59. The molecule has 0 bridgehead atoms. The Bertz CT molecular complexity index is 600. The maximum Gasteiger partial charge on any atom is 0.343 e. The quantitative estimate of drug-likeness (QED) is 0.624. The van der Waals surface area contributed by atoms with Crippen LogP contribution in [0.4, 0.5) is 0 Å². The van der Waals surface area contributed by atoms with Crippen LogP contribution in [0.25, 0.3) is 0 Å². The number of carbonyl (C=O) groups is 1. The van der Waals surface area contributed by atoms with Crippen LogP contribution < -0.4 is 9.47 Å². The van der Waals surface area contributed by atoms with Gasteiger partial charge in [-0.1, -0.05) is 12.1 Å². The zero-order chi connectivity index (χ0) is 14.5. The maximum atomic E-state index is 12.1. The van der Waals surface area contributed by atoms with Gasteiger partial charge in [0.1, 0.15) is 11.5 Å². The van der Waals surface area contributed by atoms with E-state index in [2.05, 4.69) is 0 Å². The zero-order valence-electron chi connectivity index (χ0n) is 12.0. The summed E-state index contributed by atoms with van der Waals surface area (Å²) in [6.07, 6.45) is 0. The van der Waals surface area contributed by atoms with Gasteiger partial charge in [0.05, 0.1) is 12.2 Å². The van der Waals surface area contributed by atoms with Crippen LogP contribution in [0.2, 0.25) is 0 Å². The molecule has 2 rings (SSSR count). The predicted molar refractivity (Wildman–Crippen MR) is 78.5 cm³/mol. The molecule has 0 fully saturated rings. The average molecular weight is 270 g/mol. The molecule has 0 radical (unpaired) electrons. The van der Waals surface area contributed by atoms with E-state index in [0.29, 0.717) is 17.9 Å². The van der Waals surface area contributed by atoms with Crippen LogP contribution in [0.3, 0.4) is 0 Å². The molecule has 0 heterocycles. The minimum absolute atomic E-state index is 0.359. The van der Waals surface area contributed by atoms with Gasteiger partial charge in [0, 0.05) is 0 Å². The van der Waals surface area contributed by atoms with Crippen LogP contribution in [-0.2, 0) is 0 Å². The molecule has 0 saturated carbocycles. The highest BCUT2D eigenvalue weighted by molar-refractivity contribution is 5.91. The molecule has 0 amide bonds. The minimum Gasteiger partial charge on any atom is -0.494 e. The lowest BCUT2D eigenvalue weighted by Gasteiger charge is -2.09. The zero-order valence-corrected chi connectivity index (χ0v) is 12.0. The minimum atomic E-state index is -0.359. The summed E-state index contributed by atoms with van der Waals surface area (Å²) >= 11 is 0. The number of rotatable bonds is 4. The van der Waals surface area contributed by atoms with E-state index in [9.17, 15) is 4.79 Å². The molecule has 0 aliphatic heterocycles. The molecule has 3 heteroatoms. The summed E-state index contributed by atoms with van der Waals surface area (Å²) in [4.78, 5) is 12.1. The van der Waals surface area contributed by atoms with Gasteiger partial charge >= 0.3 is 5.97 Å². The molecule has 2 aromatic carbocycles. The van der Waals surface area contributed by atoms with Crippen LogP contribution >= 0.6 is 0 Å². The fraction of sp³-hybridized carbons (Fsp3) is 0.235. The summed E-state index contributed by atoms with van der Waals surface area (Å²) in [5.74, 6) is 0.987. The molecule has 0 N–H and O–H groups in total. The fourth-order valence-electron chi connectivity index (χ4n) is 1.85. The number of aryl methyl sites for hydroxylation is 1. The van der Waals surface area contributed by atoms with E-state index in [1.807, 2.05) is 32.9 Å². The van der Waals surface area contributed by atoms with Gasteiger partial charge in [0.2, 0.25) is 0 Å². The summed E-state index contributed by atoms with van der Waals surface area (Å²) in [6, 6.07) is 12.6. The smallest absolute Gasteiger partial charge is 0.343 e. The Kier molecular flexibility index (Phi) is 4.41. The van der Waals surface area contributed by atoms with Crippen molar-refractivity contribution < 1.29 is 14.3 Å². The highest BCUT2D eigenvalue weighted by Crippen LogP contribution is 2.22. The summed E-state index contributed by atoms with van der Waals surface area (Å²) < 4.78 is 10.8. The van der Waals surface area contributed by atoms with E-state index >= 15 is 0 Å². The van der Waals surface area contributed by atoms with Crippen LogP contribution in [0.5, 0.6) is 11.5 Å². The van der Waals surface area contributed by atoms with Crippen molar-refractivity contribution in [3.8, 4) is 11.5 Å². The van der Waals surface area contributed by atoms with Gasteiger partial charge < -0.3 is 9.47 Å². The van der Waals surface area contributed by atoms with Crippen molar-refractivity contribution >= 4 is 5.97 Å². The standard InChI is InChI=1S/C17H18O3/c1-4-19-15-10-8-14(9-11-15)17(18)20-16-7-5-6-12(2)13(16)3/h5-11H,4H2,1-3H3. The largest absolute Gasteiger partial charge is 0.494 e. The monoisotopic (exact) mass is 270 g/mol. The first kappa shape index (κ1) is 14.1. The number of esters is 1. The molecule has 0 aliphatic carbocycles. The molecule has 0 atom stereocenters. The number of ether oxygens (including phenoxy) is 2. The number of hydrogen-bond donors (Lipinski definition) is 0. The van der Waals surface area contributed by atoms with Crippen molar-refractivity contribution in [2.75, 3.05) is 6.61 Å². The van der Waals surface area contributed by atoms with Gasteiger partial charge in [-0.05, 0) is 62.2 Å². The average Bonchev–Trinajstić information content (AvgIpc) is 2.45. The van der Waals surface area contributed by atoms with Crippen molar-refractivity contribution in [1.82, 2.24) is 0 Å². The van der Waals surface area contributed by atoms with Crippen LogP contribution in [-0.4, -0.2) is 12.6 Å². The SMILES string of the molecule is CCOc1ccc(C(=O)Oc2cccc(C)c2C)cc1. The van der Waals surface area contributed by atoms with Gasteiger partial charge in [0.15, 0.2) is 0 Å². The molecule has 0 aliphatic rings. The maximum absolute atomic E-state index is 12.1. The van der Waals surface area contributed by atoms with Gasteiger partial charge in [-0.25, -0.2) is 4.79 Å². The first-order valence-electron chi connectivity index (χ1n) is 6.63. The second-order valence-corrected chi connectivity index (χ2v) is 4.54. The first-order chi connectivity index (χ1) is 9.61. The van der Waals surface area contributed by atoms with Crippen molar-refractivity contribution in [1.29, 1.82) is 0 Å². The van der Waals surface area contributed by atoms with E-state index in [0.717, 1.165) is 16.9 Å². The number of hydrogen-bond acceptors (Lipinski definition) is 3. The summed E-state index contributed by atoms with van der Waals surface area (Å²) in [5, 5.41) is 0. The third-order valence-corrected chi connectivity index (χ3v) is 3.16. The van der Waals surface area contributed by atoms with E-state index in [-0.39, 0.29) is 5.97 Å². The summed E-state index contributed by atoms with van der Waals surface area (Å²) in [6.45, 7) is 6.45. The second kappa shape index (κ2) is 6.24. The normalized spacial score (nSPS) is 10.2. The number of carbonyl (C=O) groups excluding carboxylic acids is 1. The van der Waals surface area contributed by atoms with Crippen molar-refractivity contribution in [2.45, 2.75) is 20.8 Å². The van der Waals surface area contributed by atoms with Crippen molar-refractivity contribution in [2.24, 2.45) is 0 Å². The molecule has 0 spiro atoms. The Morgan fingerprint density at radius 3 is 2.40 bits per heavy atom. The third kappa shape index (κ3) is 3.18. The van der Waals surface area contributed by atoms with Crippen LogP contribution in [0, 0.1) is 13.8 Å². The van der Waals surface area contributed by atoms with Gasteiger partial charge in [-0.15, -0.1) is 0 Å². The molecule has 3 nitrogen and oxygen atoms in total. The third-order valence-electron chi connectivity index (χ3n) is 3.16. The van der Waals surface area contributed by atoms with Gasteiger partial charge in [-0.2, -0.15) is 0 Å². The molecule has 2 aromatic rings. The Hall–Kier alpha value is -2.29. The molecular weight excluding hydrogens is 252 g/mol. The highest BCUT2D eigenvalue weighted by atomic mass is 16.5. The Labute approximate surface area is 119 Å². The summed E-state index contributed by atoms with van der Waals surface area (Å²) in [7, 11) is 0. The van der Waals surface area contributed by atoms with Crippen molar-refractivity contribution in [3.05, 3.63) is 59.2 Å². The highest BCUT2D eigenvalue weighted by Gasteiger charge is 2.11.